The third kappa shape index (κ3) is 13.1. The number of fused-ring (bicyclic) bond motifs is 1. The van der Waals surface area contributed by atoms with Crippen molar-refractivity contribution in [2.45, 2.75) is 6.92 Å². The lowest BCUT2D eigenvalue weighted by Crippen LogP contribution is -2.06. The highest BCUT2D eigenvalue weighted by atomic mass is 35.5. The van der Waals surface area contributed by atoms with Crippen LogP contribution in [0, 0.1) is 29.2 Å². The largest absolute Gasteiger partial charge is 0.512 e. The van der Waals surface area contributed by atoms with Crippen LogP contribution < -0.4 is 36.8 Å². The number of halogens is 1. The monoisotopic (exact) mass is 794 g/mol. The van der Waals surface area contributed by atoms with Gasteiger partial charge in [-0.3, -0.25) is 25.0 Å². The number of aromatic amines is 1. The van der Waals surface area contributed by atoms with E-state index in [0.717, 1.165) is 11.9 Å². The van der Waals surface area contributed by atoms with Gasteiger partial charge < -0.3 is 35.1 Å². The molecule has 0 aliphatic carbocycles. The fourth-order valence-corrected chi connectivity index (χ4v) is 4.06. The Morgan fingerprint density at radius 2 is 1.39 bits per heavy atom. The molecular formula is C36H31ClN12O8. The van der Waals surface area contributed by atoms with E-state index >= 15 is 0 Å². The molecule has 6 rings (SSSR count). The quantitative estimate of drug-likeness (QED) is 0.0363. The van der Waals surface area contributed by atoms with Crippen LogP contribution in [0.1, 0.15) is 12.5 Å². The number of nitrogen functional groups attached to an aromatic ring is 2. The summed E-state index contributed by atoms with van der Waals surface area (Å²) in [7, 11) is 0. The molecule has 6 aromatic rings. The summed E-state index contributed by atoms with van der Waals surface area (Å²) in [5, 5.41) is 25.4. The molecule has 0 atom stereocenters. The second kappa shape index (κ2) is 23.9. The van der Waals surface area contributed by atoms with Crippen molar-refractivity contribution in [2.75, 3.05) is 17.8 Å². The third-order valence-corrected chi connectivity index (χ3v) is 6.63. The maximum atomic E-state index is 11.6. The molecule has 0 aliphatic heterocycles. The van der Waals surface area contributed by atoms with Gasteiger partial charge in [-0.25, -0.2) is 24.5 Å². The summed E-state index contributed by atoms with van der Waals surface area (Å²) in [5.74, 6) is 6.74. The van der Waals surface area contributed by atoms with Crippen molar-refractivity contribution in [1.29, 1.82) is 10.5 Å². The molecule has 57 heavy (non-hydrogen) atoms. The van der Waals surface area contributed by atoms with Crippen LogP contribution in [0.2, 0.25) is 0 Å². The first kappa shape index (κ1) is 44.7. The maximum Gasteiger partial charge on any atom is 0.298 e. The summed E-state index contributed by atoms with van der Waals surface area (Å²) in [4.78, 5) is 51.2. The number of rotatable bonds is 11. The van der Waals surface area contributed by atoms with Gasteiger partial charge in [0.15, 0.2) is 5.65 Å². The second-order valence-corrected chi connectivity index (χ2v) is 9.97. The average molecular weight is 795 g/mol. The van der Waals surface area contributed by atoms with Gasteiger partial charge >= 0.3 is 0 Å². The van der Waals surface area contributed by atoms with Crippen molar-refractivity contribution in [3.8, 4) is 40.8 Å². The van der Waals surface area contributed by atoms with Gasteiger partial charge in [-0.1, -0.05) is 0 Å². The SMILES string of the molecule is Cl.N#Cc1cnn(-c2ccc(OC=O)cc2)c1N.NNc1ccc(OC=O)cc1.O=COc1ccc(-n2ncc3c(=O)[nH]cnc32)cc1.[C-]#[N+]/C(C#N)=C/OCC. The minimum Gasteiger partial charge on any atom is -0.512 e. The van der Waals surface area contributed by atoms with E-state index < -0.39 is 0 Å². The zero-order chi connectivity index (χ0) is 40.7. The maximum absolute atomic E-state index is 11.6. The first-order chi connectivity index (χ1) is 27.3. The van der Waals surface area contributed by atoms with Gasteiger partial charge in [0.1, 0.15) is 46.3 Å². The van der Waals surface area contributed by atoms with E-state index in [4.69, 9.17) is 33.4 Å². The standard InChI is InChI=1S/C12H8N4O3.C11H8N4O2.C7H8N2O2.C6H6N2O.ClH/c17-7-19-9-3-1-8(2-4-9)16-11-10(5-15-16)12(18)14-6-13-11;12-5-8-6-14-15(11(8)13)9-1-3-10(4-2-9)17-7-16;8-9-6-1-3-7(4-2-6)11-5-10;1-3-9-5-6(4-7)8-2;/h1-7H,(H,13,14,18);1-4,6-7H,13H2;1-5,9H,8H2;5H,3H2,1H3;1H/b;;;6-5+;. The number of carbonyl (C=O) groups is 3. The molecule has 0 unspecified atom stereocenters. The van der Waals surface area contributed by atoms with Crippen molar-refractivity contribution < 1.29 is 33.3 Å². The van der Waals surface area contributed by atoms with Crippen molar-refractivity contribution >= 4 is 54.4 Å². The predicted molar refractivity (Wildman–Crippen MR) is 206 cm³/mol. The van der Waals surface area contributed by atoms with Crippen molar-refractivity contribution in [2.24, 2.45) is 5.84 Å². The molecule has 6 N–H and O–H groups in total. The molecule has 0 bridgehead atoms. The van der Waals surface area contributed by atoms with Crippen molar-refractivity contribution in [1.82, 2.24) is 29.5 Å². The Morgan fingerprint density at radius 1 is 0.877 bits per heavy atom. The van der Waals surface area contributed by atoms with Crippen LogP contribution in [0.25, 0.3) is 27.3 Å². The van der Waals surface area contributed by atoms with E-state index in [1.165, 1.54) is 28.1 Å². The van der Waals surface area contributed by atoms with Gasteiger partial charge in [0.2, 0.25) is 0 Å². The van der Waals surface area contributed by atoms with Gasteiger partial charge in [-0.2, -0.15) is 15.5 Å². The Bertz CT molecular complexity index is 2410. The van der Waals surface area contributed by atoms with Gasteiger partial charge in [0, 0.05) is 5.69 Å². The summed E-state index contributed by atoms with van der Waals surface area (Å²) < 4.78 is 21.6. The normalized spacial score (nSPS) is 9.56. The smallest absolute Gasteiger partial charge is 0.298 e. The zero-order valence-electron chi connectivity index (χ0n) is 29.6. The topological polar surface area (TPSA) is 286 Å². The van der Waals surface area contributed by atoms with Crippen molar-refractivity contribution in [3.63, 3.8) is 0 Å². The summed E-state index contributed by atoms with van der Waals surface area (Å²) >= 11 is 0. The van der Waals surface area contributed by atoms with E-state index in [9.17, 15) is 19.2 Å². The van der Waals surface area contributed by atoms with Crippen molar-refractivity contribution in [3.05, 3.63) is 131 Å². The minimum absolute atomic E-state index is 0. The van der Waals surface area contributed by atoms with Crippen LogP contribution in [-0.2, 0) is 19.1 Å². The number of nitrogens with one attached hydrogen (secondary N) is 2. The average Bonchev–Trinajstić information content (AvgIpc) is 3.84. The number of hydrogen-bond donors (Lipinski definition) is 4. The summed E-state index contributed by atoms with van der Waals surface area (Å²) in [5.41, 5.74) is 10.9. The number of nitrogens with two attached hydrogens (primary N) is 2. The first-order valence-electron chi connectivity index (χ1n) is 15.6. The van der Waals surface area contributed by atoms with Gasteiger partial charge in [0.05, 0.1) is 49.3 Å². The number of aromatic nitrogens is 6. The van der Waals surface area contributed by atoms with Gasteiger partial charge in [0.25, 0.3) is 30.7 Å². The molecular weight excluding hydrogens is 764 g/mol. The van der Waals surface area contributed by atoms with E-state index in [0.29, 0.717) is 71.2 Å². The molecule has 3 heterocycles. The number of nitrogens with zero attached hydrogens (tertiary/aromatic N) is 8. The van der Waals surface area contributed by atoms with Crippen LogP contribution in [0.3, 0.4) is 0 Å². The van der Waals surface area contributed by atoms with E-state index in [-0.39, 0.29) is 29.5 Å². The number of benzene rings is 3. The molecule has 20 nitrogen and oxygen atoms in total. The van der Waals surface area contributed by atoms with Crippen LogP contribution >= 0.6 is 12.4 Å². The number of hydrogen-bond acceptors (Lipinski definition) is 16. The Hall–Kier alpha value is -8.51. The lowest BCUT2D eigenvalue weighted by Gasteiger charge is -2.04. The van der Waals surface area contributed by atoms with Crippen LogP contribution in [-0.4, -0.2) is 55.6 Å². The number of H-pyrrole nitrogens is 1. The highest BCUT2D eigenvalue weighted by molar-refractivity contribution is 5.85. The predicted octanol–water partition coefficient (Wildman–Crippen LogP) is 3.74. The number of ether oxygens (including phenoxy) is 4. The highest BCUT2D eigenvalue weighted by Crippen LogP contribution is 2.20. The lowest BCUT2D eigenvalue weighted by molar-refractivity contribution is -0.121. The van der Waals surface area contributed by atoms with E-state index in [1.807, 2.05) is 6.07 Å². The molecule has 3 aromatic heterocycles. The molecule has 290 valence electrons. The lowest BCUT2D eigenvalue weighted by atomic mass is 10.3. The number of allylic oxidation sites excluding steroid dienone is 1. The van der Waals surface area contributed by atoms with Crippen LogP contribution in [0.4, 0.5) is 11.5 Å². The molecule has 3 aromatic carbocycles. The Labute approximate surface area is 329 Å². The molecule has 0 amide bonds. The third-order valence-electron chi connectivity index (χ3n) is 6.63. The summed E-state index contributed by atoms with van der Waals surface area (Å²) in [6.45, 7) is 9.76. The fraction of sp³-hybridized carbons (Fsp3) is 0.0556. The minimum atomic E-state index is -0.239. The zero-order valence-corrected chi connectivity index (χ0v) is 30.4. The molecule has 0 aliphatic rings. The molecule has 21 heteroatoms. The molecule has 0 radical (unpaired) electrons. The van der Waals surface area contributed by atoms with Gasteiger partial charge in [-0.05, 0) is 79.7 Å². The summed E-state index contributed by atoms with van der Waals surface area (Å²) in [6, 6.07) is 23.6. The number of anilines is 2. The Kier molecular flexibility index (Phi) is 18.7. The molecule has 0 fully saturated rings. The number of hydrazine groups is 1. The highest BCUT2D eigenvalue weighted by Gasteiger charge is 2.09. The van der Waals surface area contributed by atoms with E-state index in [1.54, 1.807) is 85.8 Å². The summed E-state index contributed by atoms with van der Waals surface area (Å²) in [6.07, 6.45) is 5.34. The van der Waals surface area contributed by atoms with Gasteiger partial charge in [-0.15, -0.1) is 12.4 Å². The van der Waals surface area contributed by atoms with Crippen LogP contribution in [0.5, 0.6) is 17.2 Å². The fourth-order valence-electron chi connectivity index (χ4n) is 4.06. The molecule has 0 saturated carbocycles. The van der Waals surface area contributed by atoms with Crippen LogP contribution in [0.15, 0.2) is 108 Å². The Balaban J connectivity index is 0.000000272. The number of nitriles is 2. The molecule has 0 saturated heterocycles. The second-order valence-electron chi connectivity index (χ2n) is 9.97. The molecule has 0 spiro atoms. The van der Waals surface area contributed by atoms with E-state index in [2.05, 4.69) is 44.6 Å². The Morgan fingerprint density at radius 3 is 1.82 bits per heavy atom. The first-order valence-corrected chi connectivity index (χ1v) is 15.6. The number of carbonyl (C=O) groups excluding carboxylic acids is 3.